The van der Waals surface area contributed by atoms with Crippen molar-refractivity contribution in [1.82, 2.24) is 9.62 Å². The van der Waals surface area contributed by atoms with Crippen molar-refractivity contribution in [2.75, 3.05) is 32.7 Å². The lowest BCUT2D eigenvalue weighted by atomic mass is 10.3. The predicted molar refractivity (Wildman–Crippen MR) is 72.5 cm³/mol. The quantitative estimate of drug-likeness (QED) is 0.598. The van der Waals surface area contributed by atoms with Crippen LogP contribution in [-0.4, -0.2) is 51.3 Å². The minimum absolute atomic E-state index is 0.179. The van der Waals surface area contributed by atoms with Gasteiger partial charge in [0.1, 0.15) is 0 Å². The Labute approximate surface area is 106 Å². The summed E-state index contributed by atoms with van der Waals surface area (Å²) < 4.78 is 26.3. The van der Waals surface area contributed by atoms with E-state index in [2.05, 4.69) is 23.5 Å². The average molecular weight is 265 g/mol. The Kier molecular flexibility index (Phi) is 8.77. The summed E-state index contributed by atoms with van der Waals surface area (Å²) in [5.41, 5.74) is 5.45. The van der Waals surface area contributed by atoms with E-state index in [4.69, 9.17) is 5.73 Å². The summed E-state index contributed by atoms with van der Waals surface area (Å²) in [6.45, 7) is 9.39. The number of nitrogens with zero attached hydrogens (tertiary/aromatic N) is 1. The van der Waals surface area contributed by atoms with E-state index < -0.39 is 15.3 Å². The molecule has 0 aliphatic carbocycles. The summed E-state index contributed by atoms with van der Waals surface area (Å²) in [6, 6.07) is 0. The van der Waals surface area contributed by atoms with Crippen molar-refractivity contribution in [3.05, 3.63) is 0 Å². The standard InChI is InChI=1S/C11H27N3O2S/c1-4-8-14(6-3)9-7-13-17(15,16)11(5-2)10-12/h11,13H,4-10,12H2,1-3H3. The molecule has 17 heavy (non-hydrogen) atoms. The number of sulfonamides is 1. The molecule has 0 radical (unpaired) electrons. The van der Waals surface area contributed by atoms with E-state index in [0.29, 0.717) is 13.0 Å². The molecular formula is C11H27N3O2S. The zero-order valence-electron chi connectivity index (χ0n) is 11.3. The van der Waals surface area contributed by atoms with E-state index in [9.17, 15) is 8.42 Å². The molecule has 0 aliphatic rings. The minimum atomic E-state index is -3.24. The molecule has 0 aromatic carbocycles. The van der Waals surface area contributed by atoms with Gasteiger partial charge in [-0.15, -0.1) is 0 Å². The molecular weight excluding hydrogens is 238 g/mol. The first-order valence-electron chi connectivity index (χ1n) is 6.42. The minimum Gasteiger partial charge on any atom is -0.329 e. The zero-order valence-corrected chi connectivity index (χ0v) is 12.1. The van der Waals surface area contributed by atoms with E-state index in [1.165, 1.54) is 0 Å². The smallest absolute Gasteiger partial charge is 0.215 e. The molecule has 0 aliphatic heterocycles. The molecule has 0 aromatic heterocycles. The normalized spacial score (nSPS) is 14.2. The highest BCUT2D eigenvalue weighted by atomic mass is 32.2. The van der Waals surface area contributed by atoms with Gasteiger partial charge < -0.3 is 10.6 Å². The van der Waals surface area contributed by atoms with Crippen LogP contribution in [-0.2, 0) is 10.0 Å². The van der Waals surface area contributed by atoms with Crippen molar-refractivity contribution < 1.29 is 8.42 Å². The predicted octanol–water partition coefficient (Wildman–Crippen LogP) is 0.375. The Hall–Kier alpha value is -0.170. The largest absolute Gasteiger partial charge is 0.329 e. The van der Waals surface area contributed by atoms with E-state index in [1.54, 1.807) is 0 Å². The van der Waals surface area contributed by atoms with Crippen molar-refractivity contribution in [2.24, 2.45) is 5.73 Å². The fourth-order valence-corrected chi connectivity index (χ4v) is 3.02. The topological polar surface area (TPSA) is 75.4 Å². The van der Waals surface area contributed by atoms with Gasteiger partial charge in [-0.2, -0.15) is 0 Å². The maximum Gasteiger partial charge on any atom is 0.215 e. The summed E-state index contributed by atoms with van der Waals surface area (Å²) in [5.74, 6) is 0. The SMILES string of the molecule is CCCN(CC)CCNS(=O)(=O)C(CC)CN. The second-order valence-electron chi connectivity index (χ2n) is 4.14. The highest BCUT2D eigenvalue weighted by Gasteiger charge is 2.21. The Bertz CT molecular complexity index is 276. The van der Waals surface area contributed by atoms with Crippen molar-refractivity contribution in [1.29, 1.82) is 0 Å². The fourth-order valence-electron chi connectivity index (χ4n) is 1.72. The van der Waals surface area contributed by atoms with Crippen LogP contribution in [0.5, 0.6) is 0 Å². The van der Waals surface area contributed by atoms with Gasteiger partial charge in [-0.25, -0.2) is 13.1 Å². The summed E-state index contributed by atoms with van der Waals surface area (Å²) in [7, 11) is -3.24. The summed E-state index contributed by atoms with van der Waals surface area (Å²) in [6.07, 6.45) is 1.64. The maximum absolute atomic E-state index is 11.8. The molecule has 0 amide bonds. The lowest BCUT2D eigenvalue weighted by molar-refractivity contribution is 0.293. The average Bonchev–Trinajstić information content (AvgIpc) is 2.29. The summed E-state index contributed by atoms with van der Waals surface area (Å²) in [4.78, 5) is 2.23. The van der Waals surface area contributed by atoms with Gasteiger partial charge in [0.25, 0.3) is 0 Å². The molecule has 0 bridgehead atoms. The van der Waals surface area contributed by atoms with Crippen LogP contribution in [0.25, 0.3) is 0 Å². The van der Waals surface area contributed by atoms with E-state index in [0.717, 1.165) is 26.1 Å². The van der Waals surface area contributed by atoms with E-state index >= 15 is 0 Å². The molecule has 104 valence electrons. The van der Waals surface area contributed by atoms with Crippen LogP contribution in [0.2, 0.25) is 0 Å². The maximum atomic E-state index is 11.8. The molecule has 1 atom stereocenters. The van der Waals surface area contributed by atoms with Crippen molar-refractivity contribution >= 4 is 10.0 Å². The van der Waals surface area contributed by atoms with Gasteiger partial charge in [0, 0.05) is 19.6 Å². The van der Waals surface area contributed by atoms with Gasteiger partial charge >= 0.3 is 0 Å². The molecule has 0 rings (SSSR count). The third-order valence-corrected chi connectivity index (χ3v) is 4.89. The van der Waals surface area contributed by atoms with Gasteiger partial charge in [-0.3, -0.25) is 0 Å². The van der Waals surface area contributed by atoms with Crippen LogP contribution in [0, 0.1) is 0 Å². The molecule has 3 N–H and O–H groups in total. The lowest BCUT2D eigenvalue weighted by Crippen LogP contribution is -2.42. The van der Waals surface area contributed by atoms with Crippen molar-refractivity contribution in [2.45, 2.75) is 38.9 Å². The molecule has 6 heteroatoms. The molecule has 0 saturated carbocycles. The first-order chi connectivity index (χ1) is 8.01. The van der Waals surface area contributed by atoms with Gasteiger partial charge in [-0.05, 0) is 25.9 Å². The molecule has 1 unspecified atom stereocenters. The van der Waals surface area contributed by atoms with Gasteiger partial charge in [0.2, 0.25) is 10.0 Å². The van der Waals surface area contributed by atoms with Crippen LogP contribution in [0.4, 0.5) is 0 Å². The van der Waals surface area contributed by atoms with Crippen molar-refractivity contribution in [3.63, 3.8) is 0 Å². The highest BCUT2D eigenvalue weighted by molar-refractivity contribution is 7.90. The Morgan fingerprint density at radius 3 is 2.29 bits per heavy atom. The van der Waals surface area contributed by atoms with Crippen LogP contribution < -0.4 is 10.5 Å². The molecule has 0 fully saturated rings. The number of nitrogens with one attached hydrogen (secondary N) is 1. The fraction of sp³-hybridized carbons (Fsp3) is 1.00. The Balaban J connectivity index is 4.09. The Morgan fingerprint density at radius 2 is 1.88 bits per heavy atom. The number of hydrogen-bond donors (Lipinski definition) is 2. The third-order valence-electron chi connectivity index (χ3n) is 2.88. The number of likely N-dealkylation sites (N-methyl/N-ethyl adjacent to an activating group) is 1. The van der Waals surface area contributed by atoms with Crippen LogP contribution in [0.1, 0.15) is 33.6 Å². The monoisotopic (exact) mass is 265 g/mol. The van der Waals surface area contributed by atoms with Gasteiger partial charge in [0.15, 0.2) is 0 Å². The zero-order chi connectivity index (χ0) is 13.3. The highest BCUT2D eigenvalue weighted by Crippen LogP contribution is 2.01. The van der Waals surface area contributed by atoms with Crippen LogP contribution >= 0.6 is 0 Å². The van der Waals surface area contributed by atoms with Crippen molar-refractivity contribution in [3.8, 4) is 0 Å². The Morgan fingerprint density at radius 1 is 1.24 bits per heavy atom. The lowest BCUT2D eigenvalue weighted by Gasteiger charge is -2.20. The number of hydrogen-bond acceptors (Lipinski definition) is 4. The first kappa shape index (κ1) is 16.8. The molecule has 0 spiro atoms. The summed E-state index contributed by atoms with van der Waals surface area (Å²) in [5, 5.41) is -0.469. The number of rotatable bonds is 10. The molecule has 0 heterocycles. The van der Waals surface area contributed by atoms with Crippen LogP contribution in [0.3, 0.4) is 0 Å². The molecule has 0 aromatic rings. The molecule has 0 saturated heterocycles. The second-order valence-corrected chi connectivity index (χ2v) is 6.18. The summed E-state index contributed by atoms with van der Waals surface area (Å²) >= 11 is 0. The second kappa shape index (κ2) is 8.85. The van der Waals surface area contributed by atoms with Gasteiger partial charge in [0.05, 0.1) is 5.25 Å². The first-order valence-corrected chi connectivity index (χ1v) is 7.97. The van der Waals surface area contributed by atoms with E-state index in [1.807, 2.05) is 6.92 Å². The van der Waals surface area contributed by atoms with Gasteiger partial charge in [-0.1, -0.05) is 20.8 Å². The number of nitrogens with two attached hydrogens (primary N) is 1. The third kappa shape index (κ3) is 6.35. The molecule has 5 nitrogen and oxygen atoms in total. The van der Waals surface area contributed by atoms with Crippen LogP contribution in [0.15, 0.2) is 0 Å². The van der Waals surface area contributed by atoms with E-state index in [-0.39, 0.29) is 6.54 Å².